The highest BCUT2D eigenvalue weighted by molar-refractivity contribution is 8.00. The number of ether oxygens (including phenoxy) is 2. The summed E-state index contributed by atoms with van der Waals surface area (Å²) in [7, 11) is 0. The molecule has 0 radical (unpaired) electrons. The van der Waals surface area contributed by atoms with Gasteiger partial charge < -0.3 is 45.9 Å². The maximum Gasteiger partial charge on any atom is 0.315 e. The number of piperidine rings is 2. The maximum atomic E-state index is 15.9. The molecule has 2 aromatic carbocycles. The Hall–Kier alpha value is -7.63. The Bertz CT molecular complexity index is 3230. The number of carbonyl (C=O) groups is 9. The van der Waals surface area contributed by atoms with Gasteiger partial charge in [-0.3, -0.25) is 48.2 Å². The molecule has 27 heteroatoms. The minimum Gasteiger partial charge on any atom is -0.490 e. The number of rotatable bonds is 29. The molecule has 1 unspecified atom stereocenters. The minimum atomic E-state index is -1.35. The van der Waals surface area contributed by atoms with E-state index in [1.54, 1.807) is 24.3 Å². The van der Waals surface area contributed by atoms with Crippen LogP contribution < -0.4 is 41.1 Å². The van der Waals surface area contributed by atoms with Gasteiger partial charge in [-0.25, -0.2) is 14.1 Å². The number of nitriles is 1. The van der Waals surface area contributed by atoms with Gasteiger partial charge in [0, 0.05) is 108 Å². The van der Waals surface area contributed by atoms with Crippen molar-refractivity contribution >= 4 is 88.2 Å². The molecule has 3 aromatic rings. The number of esters is 1. The molecule has 4 atom stereocenters. The van der Waals surface area contributed by atoms with Gasteiger partial charge in [0.05, 0.1) is 45.6 Å². The summed E-state index contributed by atoms with van der Waals surface area (Å²) in [6.45, 7) is 5.15. The molecule has 494 valence electrons. The molecular weight excluding hydrogens is 1230 g/mol. The number of amides is 9. The van der Waals surface area contributed by atoms with Crippen LogP contribution in [0.1, 0.15) is 172 Å². The van der Waals surface area contributed by atoms with E-state index in [0.29, 0.717) is 111 Å². The number of nitrogens with zero attached hydrogens (tertiary/aromatic N) is 8. The number of halogens is 2. The third-order valence-corrected chi connectivity index (χ3v) is 20.5. The zero-order valence-corrected chi connectivity index (χ0v) is 53.5. The number of thioether (sulfide) groups is 1. The zero-order chi connectivity index (χ0) is 64.7. The summed E-state index contributed by atoms with van der Waals surface area (Å²) in [5.41, 5.74) is 0.647. The first-order valence-corrected chi connectivity index (χ1v) is 34.2. The number of benzene rings is 2. The predicted octanol–water partition coefficient (Wildman–Crippen LogP) is 6.38. The Morgan fingerprint density at radius 3 is 2.11 bits per heavy atom. The fraction of sp³-hybridized carbons (Fsp3) is 0.600. The van der Waals surface area contributed by atoms with Crippen LogP contribution in [0, 0.1) is 23.1 Å². The predicted molar refractivity (Wildman–Crippen MR) is 340 cm³/mol. The third kappa shape index (κ3) is 17.5. The van der Waals surface area contributed by atoms with Crippen LogP contribution >= 0.6 is 23.4 Å². The second-order valence-corrected chi connectivity index (χ2v) is 26.7. The molecule has 5 N–H and O–H groups in total. The highest BCUT2D eigenvalue weighted by Crippen LogP contribution is 2.36. The number of hydrogen-bond acceptors (Lipinski definition) is 18. The number of carbonyl (C=O) groups excluding carboxylic acids is 9. The number of hydrogen-bond donors (Lipinski definition) is 5. The van der Waals surface area contributed by atoms with Crippen molar-refractivity contribution in [2.24, 2.45) is 5.92 Å². The highest BCUT2D eigenvalue weighted by atomic mass is 35.5. The van der Waals surface area contributed by atoms with Crippen molar-refractivity contribution in [3.05, 3.63) is 75.7 Å². The lowest BCUT2D eigenvalue weighted by molar-refractivity contribution is -0.163. The van der Waals surface area contributed by atoms with Crippen molar-refractivity contribution in [2.75, 3.05) is 81.2 Å². The lowest BCUT2D eigenvalue weighted by Crippen LogP contribution is -2.56. The largest absolute Gasteiger partial charge is 0.490 e. The first-order valence-electron chi connectivity index (χ1n) is 32.8. The molecule has 6 fully saturated rings. The number of imide groups is 2. The molecule has 1 aliphatic carbocycles. The van der Waals surface area contributed by atoms with Crippen LogP contribution in [0.3, 0.4) is 0 Å². The molecule has 6 aliphatic heterocycles. The molecular formula is C65H83ClFN13O11S. The van der Waals surface area contributed by atoms with Crippen molar-refractivity contribution in [3.8, 4) is 11.8 Å². The van der Waals surface area contributed by atoms with Crippen LogP contribution in [-0.4, -0.2) is 185 Å². The molecule has 0 spiro atoms. The number of piperazine rings is 1. The Balaban J connectivity index is 0.562. The first-order chi connectivity index (χ1) is 44.6. The molecule has 7 heterocycles. The highest BCUT2D eigenvalue weighted by Gasteiger charge is 2.48. The van der Waals surface area contributed by atoms with Crippen molar-refractivity contribution in [1.29, 1.82) is 5.26 Å². The summed E-state index contributed by atoms with van der Waals surface area (Å²) in [6, 6.07) is 12.0. The standard InChI is InChI=1S/C65H83ClFN13O11S/c66-48-34-45(17-14-42(48)37-68)91-44-18-15-43(16-19-44)71-61(85)50-20-22-55(75-74-50)78-28-24-41(25-29-78)38-76-30-32-77(33-31-76)53-36-47-46(35-49(53)67)62(86)80(63(47)87)52-21-23-58(83)79(64(52)88)40-90-59(84)13-5-2-1-4-11-56(81)69-26-8-3-9-27-70-57(82)12-7-6-10-54-60-51(39-92-54)72-65(89)73-60/h14,17,20,22,34-36,41,43-44,51-52,54,60H,1-13,15-16,18-19,21,23-33,38-40H2,(H,69,81)(H,70,82)(H,71,85)(H2,72,73,89)/t43?,44?,51-,52?,54-,60-/m0/s1. The molecule has 1 aromatic heterocycles. The van der Waals surface area contributed by atoms with Crippen molar-refractivity contribution in [1.82, 2.24) is 51.5 Å². The van der Waals surface area contributed by atoms with Crippen LogP contribution in [0.15, 0.2) is 42.5 Å². The second-order valence-electron chi connectivity index (χ2n) is 25.0. The van der Waals surface area contributed by atoms with Gasteiger partial charge in [0.15, 0.2) is 18.2 Å². The van der Waals surface area contributed by atoms with E-state index in [9.17, 15) is 43.2 Å². The summed E-state index contributed by atoms with van der Waals surface area (Å²) in [5.74, 6) is -1.97. The lowest BCUT2D eigenvalue weighted by atomic mass is 9.93. The third-order valence-electron chi connectivity index (χ3n) is 18.7. The minimum absolute atomic E-state index is 0.0135. The fourth-order valence-electron chi connectivity index (χ4n) is 13.4. The van der Waals surface area contributed by atoms with Gasteiger partial charge in [-0.05, 0) is 132 Å². The van der Waals surface area contributed by atoms with Crippen molar-refractivity contribution in [3.63, 3.8) is 0 Å². The SMILES string of the molecule is N#Cc1ccc(OC2CCC(NC(=O)c3ccc(N4CCC(CN5CCN(c6cc7c(cc6F)C(=O)N(C6CCC(=O)N(COC(=O)CCCCCCC(=O)NCCCCCNC(=O)CCCC[C@@H]8SC[C@@H]9NC(=O)N[C@@H]98)C6=O)C7=O)CC5)CC4)nn3)CC2)cc1Cl. The summed E-state index contributed by atoms with van der Waals surface area (Å²) < 4.78 is 27.3. The number of urea groups is 1. The molecule has 10 rings (SSSR count). The number of nitrogens with one attached hydrogen (secondary N) is 5. The van der Waals surface area contributed by atoms with Crippen LogP contribution in [0.25, 0.3) is 0 Å². The van der Waals surface area contributed by atoms with E-state index in [4.69, 9.17) is 26.3 Å². The topological polar surface area (TPSA) is 298 Å². The molecule has 92 heavy (non-hydrogen) atoms. The zero-order valence-electron chi connectivity index (χ0n) is 51.9. The number of fused-ring (bicyclic) bond motifs is 2. The van der Waals surface area contributed by atoms with E-state index in [1.165, 1.54) is 6.07 Å². The molecule has 5 saturated heterocycles. The van der Waals surface area contributed by atoms with E-state index < -0.39 is 48.2 Å². The first kappa shape index (κ1) is 67.3. The molecule has 7 aliphatic rings. The van der Waals surface area contributed by atoms with Gasteiger partial charge >= 0.3 is 12.0 Å². The van der Waals surface area contributed by atoms with Gasteiger partial charge in [-0.15, -0.1) is 10.2 Å². The normalized spacial score (nSPS) is 22.6. The Kier molecular flexibility index (Phi) is 23.6. The Morgan fingerprint density at radius 1 is 0.739 bits per heavy atom. The second kappa shape index (κ2) is 32.3. The monoisotopic (exact) mass is 1310 g/mol. The van der Waals surface area contributed by atoms with Crippen molar-refractivity contribution in [2.45, 2.75) is 170 Å². The molecule has 9 amide bonds. The van der Waals surface area contributed by atoms with Crippen LogP contribution in [-0.2, 0) is 28.7 Å². The summed E-state index contributed by atoms with van der Waals surface area (Å²) in [5, 5.41) is 33.5. The van der Waals surface area contributed by atoms with Gasteiger partial charge in [0.2, 0.25) is 17.7 Å². The maximum absolute atomic E-state index is 15.9. The van der Waals surface area contributed by atoms with E-state index in [2.05, 4.69) is 46.6 Å². The van der Waals surface area contributed by atoms with Crippen molar-refractivity contribution < 1.29 is 57.0 Å². The smallest absolute Gasteiger partial charge is 0.315 e. The number of aromatic nitrogens is 2. The average molecular weight is 1310 g/mol. The molecule has 24 nitrogen and oxygen atoms in total. The lowest BCUT2D eigenvalue weighted by Gasteiger charge is -2.39. The number of anilines is 2. The van der Waals surface area contributed by atoms with E-state index in [0.717, 1.165) is 118 Å². The van der Waals surface area contributed by atoms with Gasteiger partial charge in [0.1, 0.15) is 23.7 Å². The summed E-state index contributed by atoms with van der Waals surface area (Å²) in [6.07, 6.45) is 13.1. The van der Waals surface area contributed by atoms with Crippen LogP contribution in [0.5, 0.6) is 5.75 Å². The number of unbranched alkanes of at least 4 members (excludes halogenated alkanes) is 6. The Labute approximate surface area is 544 Å². The van der Waals surface area contributed by atoms with Gasteiger partial charge in [0.25, 0.3) is 23.6 Å². The van der Waals surface area contributed by atoms with E-state index in [1.807, 2.05) is 28.8 Å². The fourth-order valence-corrected chi connectivity index (χ4v) is 15.1. The molecule has 1 saturated carbocycles. The van der Waals surface area contributed by atoms with Gasteiger partial charge in [-0.1, -0.05) is 30.9 Å². The Morgan fingerprint density at radius 2 is 1.42 bits per heavy atom. The van der Waals surface area contributed by atoms with E-state index in [-0.39, 0.29) is 89.8 Å². The summed E-state index contributed by atoms with van der Waals surface area (Å²) in [4.78, 5) is 124. The van der Waals surface area contributed by atoms with Gasteiger partial charge in [-0.2, -0.15) is 17.0 Å². The average Bonchev–Trinajstić information content (AvgIpc) is 1.62. The van der Waals surface area contributed by atoms with E-state index >= 15 is 4.39 Å². The molecule has 0 bridgehead atoms. The quantitative estimate of drug-likeness (QED) is 0.0218. The number of likely N-dealkylation sites (tertiary alicyclic amines) is 1. The van der Waals surface area contributed by atoms with Crippen LogP contribution in [0.2, 0.25) is 5.02 Å². The van der Waals surface area contributed by atoms with Crippen LogP contribution in [0.4, 0.5) is 20.7 Å². The summed E-state index contributed by atoms with van der Waals surface area (Å²) >= 11 is 8.05.